The molecule has 1 aliphatic heterocycles. The van der Waals surface area contributed by atoms with E-state index in [4.69, 9.17) is 4.74 Å². The highest BCUT2D eigenvalue weighted by Gasteiger charge is 2.13. The molecule has 0 atom stereocenters. The first-order valence-electron chi connectivity index (χ1n) is 7.11. The molecule has 104 valence electrons. The van der Waals surface area contributed by atoms with Crippen molar-refractivity contribution in [3.63, 3.8) is 0 Å². The van der Waals surface area contributed by atoms with Gasteiger partial charge in [0.2, 0.25) is 5.95 Å². The zero-order valence-electron chi connectivity index (χ0n) is 11.5. The molecule has 0 bridgehead atoms. The van der Waals surface area contributed by atoms with Gasteiger partial charge in [0.25, 0.3) is 0 Å². The van der Waals surface area contributed by atoms with E-state index in [2.05, 4.69) is 27.4 Å². The smallest absolute Gasteiger partial charge is 0.222 e. The lowest BCUT2D eigenvalue weighted by atomic mass is 10.0. The van der Waals surface area contributed by atoms with Gasteiger partial charge in [0.1, 0.15) is 0 Å². The molecule has 4 heteroatoms. The largest absolute Gasteiger partial charge is 0.381 e. The number of benzene rings is 1. The first kappa shape index (κ1) is 13.1. The Morgan fingerprint density at radius 3 is 2.40 bits per heavy atom. The average molecular weight is 269 g/mol. The van der Waals surface area contributed by atoms with Gasteiger partial charge in [-0.1, -0.05) is 30.3 Å². The van der Waals surface area contributed by atoms with Crippen LogP contribution in [0.25, 0.3) is 11.1 Å². The third-order valence-corrected chi connectivity index (χ3v) is 3.65. The quantitative estimate of drug-likeness (QED) is 0.927. The summed E-state index contributed by atoms with van der Waals surface area (Å²) in [6.07, 6.45) is 5.98. The molecular formula is C16H19N3O. The molecule has 0 spiro atoms. The minimum absolute atomic E-state index is 0.668. The topological polar surface area (TPSA) is 47.0 Å². The Morgan fingerprint density at radius 1 is 1.00 bits per heavy atom. The second-order valence-electron chi connectivity index (χ2n) is 5.10. The van der Waals surface area contributed by atoms with Gasteiger partial charge in [-0.15, -0.1) is 0 Å². The molecule has 0 radical (unpaired) electrons. The van der Waals surface area contributed by atoms with E-state index in [1.807, 2.05) is 30.6 Å². The molecule has 4 nitrogen and oxygen atoms in total. The highest BCUT2D eigenvalue weighted by molar-refractivity contribution is 5.61. The first-order chi connectivity index (χ1) is 9.92. The van der Waals surface area contributed by atoms with Crippen LogP contribution in [0.3, 0.4) is 0 Å². The number of hydrogen-bond acceptors (Lipinski definition) is 4. The maximum atomic E-state index is 5.36. The maximum absolute atomic E-state index is 5.36. The molecule has 1 aliphatic rings. The van der Waals surface area contributed by atoms with Crippen LogP contribution in [0.2, 0.25) is 0 Å². The fourth-order valence-corrected chi connectivity index (χ4v) is 2.39. The minimum Gasteiger partial charge on any atom is -0.381 e. The Hall–Kier alpha value is -1.94. The molecule has 0 saturated carbocycles. The molecule has 1 aromatic heterocycles. The van der Waals surface area contributed by atoms with Crippen LogP contribution in [0.5, 0.6) is 0 Å². The van der Waals surface area contributed by atoms with Crippen LogP contribution in [0.1, 0.15) is 12.8 Å². The second-order valence-corrected chi connectivity index (χ2v) is 5.10. The maximum Gasteiger partial charge on any atom is 0.222 e. The van der Waals surface area contributed by atoms with Gasteiger partial charge in [0.15, 0.2) is 0 Å². The highest BCUT2D eigenvalue weighted by Crippen LogP contribution is 2.18. The van der Waals surface area contributed by atoms with Gasteiger partial charge in [0.05, 0.1) is 0 Å². The summed E-state index contributed by atoms with van der Waals surface area (Å²) in [7, 11) is 0. The molecule has 20 heavy (non-hydrogen) atoms. The van der Waals surface area contributed by atoms with Crippen LogP contribution in [0.4, 0.5) is 5.95 Å². The van der Waals surface area contributed by atoms with E-state index in [0.717, 1.165) is 43.7 Å². The summed E-state index contributed by atoms with van der Waals surface area (Å²) in [6.45, 7) is 2.67. The van der Waals surface area contributed by atoms with Gasteiger partial charge in [-0.05, 0) is 24.3 Å². The van der Waals surface area contributed by atoms with Crippen molar-refractivity contribution in [3.8, 4) is 11.1 Å². The van der Waals surface area contributed by atoms with Gasteiger partial charge < -0.3 is 10.1 Å². The summed E-state index contributed by atoms with van der Waals surface area (Å²) < 4.78 is 5.36. The van der Waals surface area contributed by atoms with Gasteiger partial charge in [-0.2, -0.15) is 0 Å². The number of nitrogens with one attached hydrogen (secondary N) is 1. The second kappa shape index (κ2) is 6.48. The van der Waals surface area contributed by atoms with E-state index in [1.54, 1.807) is 0 Å². The Kier molecular flexibility index (Phi) is 4.23. The van der Waals surface area contributed by atoms with E-state index in [9.17, 15) is 0 Å². The molecule has 1 saturated heterocycles. The Morgan fingerprint density at radius 2 is 1.70 bits per heavy atom. The van der Waals surface area contributed by atoms with Crippen LogP contribution in [0.15, 0.2) is 42.7 Å². The van der Waals surface area contributed by atoms with E-state index in [0.29, 0.717) is 11.9 Å². The molecule has 1 N–H and O–H groups in total. The molecule has 0 unspecified atom stereocenters. The van der Waals surface area contributed by atoms with E-state index < -0.39 is 0 Å². The molecule has 2 aromatic rings. The average Bonchev–Trinajstić information content (AvgIpc) is 2.55. The standard InChI is InChI=1S/C16H19N3O/c1-2-4-14(5-3-1)15-11-18-16(19-12-15)17-10-13-6-8-20-9-7-13/h1-5,11-13H,6-10H2,(H,17,18,19). The molecule has 3 rings (SSSR count). The normalized spacial score (nSPS) is 16.0. The van der Waals surface area contributed by atoms with E-state index in [1.165, 1.54) is 0 Å². The Balaban J connectivity index is 1.58. The highest BCUT2D eigenvalue weighted by atomic mass is 16.5. The lowest BCUT2D eigenvalue weighted by Crippen LogP contribution is -2.23. The molecule has 2 heterocycles. The van der Waals surface area contributed by atoms with Gasteiger partial charge in [-0.3, -0.25) is 0 Å². The van der Waals surface area contributed by atoms with Crippen molar-refractivity contribution >= 4 is 5.95 Å². The number of hydrogen-bond donors (Lipinski definition) is 1. The summed E-state index contributed by atoms with van der Waals surface area (Å²) in [5, 5.41) is 3.32. The van der Waals surface area contributed by atoms with Crippen LogP contribution >= 0.6 is 0 Å². The van der Waals surface area contributed by atoms with Crippen molar-refractivity contribution < 1.29 is 4.74 Å². The zero-order valence-corrected chi connectivity index (χ0v) is 11.5. The summed E-state index contributed by atoms with van der Waals surface area (Å²) >= 11 is 0. The number of anilines is 1. The fourth-order valence-electron chi connectivity index (χ4n) is 2.39. The summed E-state index contributed by atoms with van der Waals surface area (Å²) in [5.41, 5.74) is 2.19. The van der Waals surface area contributed by atoms with Crippen molar-refractivity contribution in [1.82, 2.24) is 9.97 Å². The zero-order chi connectivity index (χ0) is 13.6. The van der Waals surface area contributed by atoms with Crippen LogP contribution in [0, 0.1) is 5.92 Å². The number of rotatable bonds is 4. The number of nitrogens with zero attached hydrogens (tertiary/aromatic N) is 2. The third-order valence-electron chi connectivity index (χ3n) is 3.65. The summed E-state index contributed by atoms with van der Waals surface area (Å²) in [5.74, 6) is 1.37. The molecule has 0 amide bonds. The molecular weight excluding hydrogens is 250 g/mol. The molecule has 0 aliphatic carbocycles. The predicted molar refractivity (Wildman–Crippen MR) is 79.5 cm³/mol. The van der Waals surface area contributed by atoms with Crippen molar-refractivity contribution in [2.24, 2.45) is 5.92 Å². The lowest BCUT2D eigenvalue weighted by Gasteiger charge is -2.22. The van der Waals surface area contributed by atoms with Crippen LogP contribution in [-0.4, -0.2) is 29.7 Å². The van der Waals surface area contributed by atoms with Crippen molar-refractivity contribution in [3.05, 3.63) is 42.7 Å². The lowest BCUT2D eigenvalue weighted by molar-refractivity contribution is 0.0699. The number of ether oxygens (including phenoxy) is 1. The SMILES string of the molecule is c1ccc(-c2cnc(NCC3CCOCC3)nc2)cc1. The third kappa shape index (κ3) is 3.33. The van der Waals surface area contributed by atoms with Crippen molar-refractivity contribution in [2.45, 2.75) is 12.8 Å². The van der Waals surface area contributed by atoms with Gasteiger partial charge in [-0.25, -0.2) is 9.97 Å². The van der Waals surface area contributed by atoms with Crippen molar-refractivity contribution in [2.75, 3.05) is 25.1 Å². The summed E-state index contributed by atoms with van der Waals surface area (Å²) in [6, 6.07) is 10.2. The summed E-state index contributed by atoms with van der Waals surface area (Å²) in [4.78, 5) is 8.77. The van der Waals surface area contributed by atoms with Gasteiger partial charge in [0, 0.05) is 37.7 Å². The molecule has 1 aromatic carbocycles. The monoisotopic (exact) mass is 269 g/mol. The predicted octanol–water partition coefficient (Wildman–Crippen LogP) is 2.98. The van der Waals surface area contributed by atoms with Crippen LogP contribution in [-0.2, 0) is 4.74 Å². The van der Waals surface area contributed by atoms with Crippen molar-refractivity contribution in [1.29, 1.82) is 0 Å². The fraction of sp³-hybridized carbons (Fsp3) is 0.375. The number of aromatic nitrogens is 2. The Labute approximate surface area is 119 Å². The first-order valence-corrected chi connectivity index (χ1v) is 7.11. The molecule has 1 fully saturated rings. The van der Waals surface area contributed by atoms with E-state index in [-0.39, 0.29) is 0 Å². The minimum atomic E-state index is 0.668. The Bertz CT molecular complexity index is 521. The van der Waals surface area contributed by atoms with E-state index >= 15 is 0 Å². The van der Waals surface area contributed by atoms with Crippen LogP contribution < -0.4 is 5.32 Å². The van der Waals surface area contributed by atoms with Gasteiger partial charge >= 0.3 is 0 Å².